The summed E-state index contributed by atoms with van der Waals surface area (Å²) in [6, 6.07) is 34.2. The molecule has 0 saturated heterocycles. The highest BCUT2D eigenvalue weighted by Gasteiger charge is 2.18. The minimum Gasteiger partial charge on any atom is -0.377 e. The lowest BCUT2D eigenvalue weighted by Crippen LogP contribution is -2.16. The molecule has 0 N–H and O–H groups in total. The Bertz CT molecular complexity index is 1470. The number of hydrogen-bond donors (Lipinski definition) is 0. The fourth-order valence-corrected chi connectivity index (χ4v) is 4.05. The van der Waals surface area contributed by atoms with Crippen LogP contribution in [0.2, 0.25) is 0 Å². The van der Waals surface area contributed by atoms with Crippen molar-refractivity contribution in [1.82, 2.24) is 9.80 Å². The minimum absolute atomic E-state index is 1.18. The van der Waals surface area contributed by atoms with Crippen molar-refractivity contribution < 1.29 is 8.42 Å². The van der Waals surface area contributed by atoms with Crippen LogP contribution in [0.25, 0.3) is 34.3 Å². The van der Waals surface area contributed by atoms with Gasteiger partial charge in [-0.3, -0.25) is 0 Å². The molecule has 4 aromatic carbocycles. The first-order valence-electron chi connectivity index (χ1n) is 11.6. The minimum atomic E-state index is -2.11. The standard InChI is InChI=1S/C30H30N2.CH2O2S/c1-31(2)28(21-23-13-7-5-8-14-23)27-20-19-25-17-11-12-18-26(25)30(27)29(32(3)4)22-24-15-9-6-10-16-24;1-4(2)3/h5-22H,1-4H3;1H2. The third kappa shape index (κ3) is 6.96. The average Bonchev–Trinajstić information content (AvgIpc) is 2.86. The molecule has 0 amide bonds. The summed E-state index contributed by atoms with van der Waals surface area (Å²) < 4.78 is 17.8. The van der Waals surface area contributed by atoms with Gasteiger partial charge in [0, 0.05) is 56.6 Å². The fourth-order valence-electron chi connectivity index (χ4n) is 4.05. The molecule has 0 radical (unpaired) electrons. The average molecular weight is 497 g/mol. The van der Waals surface area contributed by atoms with E-state index in [1.807, 2.05) is 0 Å². The Labute approximate surface area is 216 Å². The fraction of sp³-hybridized carbons (Fsp3) is 0.129. The first-order valence-corrected chi connectivity index (χ1v) is 12.8. The maximum Gasteiger partial charge on any atom is 0.206 e. The summed E-state index contributed by atoms with van der Waals surface area (Å²) in [5, 5.41) is 2.49. The van der Waals surface area contributed by atoms with E-state index in [0.717, 1.165) is 0 Å². The molecule has 4 rings (SSSR count). The van der Waals surface area contributed by atoms with Crippen LogP contribution in [-0.2, 0) is 10.3 Å². The Kier molecular flexibility index (Phi) is 9.25. The predicted molar refractivity (Wildman–Crippen MR) is 156 cm³/mol. The zero-order valence-electron chi connectivity index (χ0n) is 21.2. The van der Waals surface area contributed by atoms with Gasteiger partial charge in [0.2, 0.25) is 10.3 Å². The summed E-state index contributed by atoms with van der Waals surface area (Å²) in [5.74, 6) is 2.56. The van der Waals surface area contributed by atoms with Crippen LogP contribution in [0.15, 0.2) is 97.1 Å². The highest BCUT2D eigenvalue weighted by molar-refractivity contribution is 7.70. The molecular weight excluding hydrogens is 464 g/mol. The van der Waals surface area contributed by atoms with Crippen LogP contribution in [0.5, 0.6) is 0 Å². The second-order valence-corrected chi connectivity index (χ2v) is 9.29. The maximum absolute atomic E-state index is 8.89. The molecule has 184 valence electrons. The monoisotopic (exact) mass is 496 g/mol. The molecule has 5 heteroatoms. The summed E-state index contributed by atoms with van der Waals surface area (Å²) in [7, 11) is 6.36. The number of fused-ring (bicyclic) bond motifs is 1. The molecule has 0 bridgehead atoms. The summed E-state index contributed by atoms with van der Waals surface area (Å²) in [6.07, 6.45) is 4.55. The van der Waals surface area contributed by atoms with Crippen molar-refractivity contribution >= 4 is 50.5 Å². The molecule has 0 aromatic heterocycles. The number of rotatable bonds is 6. The molecule has 4 nitrogen and oxygen atoms in total. The predicted octanol–water partition coefficient (Wildman–Crippen LogP) is 6.26. The van der Waals surface area contributed by atoms with Gasteiger partial charge >= 0.3 is 0 Å². The van der Waals surface area contributed by atoms with Crippen molar-refractivity contribution in [3.05, 3.63) is 119 Å². The SMILES string of the molecule is C=S(=O)=O.CN(C)C(=Cc1ccccc1)c1ccc2ccccc2c1C(=Cc1ccccc1)N(C)C. The van der Waals surface area contributed by atoms with E-state index in [9.17, 15) is 0 Å². The number of benzene rings is 4. The highest BCUT2D eigenvalue weighted by Crippen LogP contribution is 2.36. The van der Waals surface area contributed by atoms with Crippen molar-refractivity contribution in [1.29, 1.82) is 0 Å². The maximum atomic E-state index is 8.89. The second kappa shape index (κ2) is 12.6. The highest BCUT2D eigenvalue weighted by atomic mass is 32.2. The Balaban J connectivity index is 0.000000840. The Hall–Kier alpha value is -4.09. The van der Waals surface area contributed by atoms with E-state index in [-0.39, 0.29) is 0 Å². The normalized spacial score (nSPS) is 11.4. The molecule has 0 aliphatic carbocycles. The van der Waals surface area contributed by atoms with Gasteiger partial charge in [-0.2, -0.15) is 8.42 Å². The van der Waals surface area contributed by atoms with Crippen LogP contribution in [0.4, 0.5) is 0 Å². The van der Waals surface area contributed by atoms with Crippen LogP contribution in [-0.4, -0.2) is 52.3 Å². The second-order valence-electron chi connectivity index (χ2n) is 8.68. The lowest BCUT2D eigenvalue weighted by molar-refractivity contribution is 0.587. The summed E-state index contributed by atoms with van der Waals surface area (Å²) >= 11 is 0. The third-order valence-electron chi connectivity index (χ3n) is 5.63. The topological polar surface area (TPSA) is 40.6 Å². The molecule has 4 aromatic rings. The Morgan fingerprint density at radius 2 is 1.08 bits per heavy atom. The van der Waals surface area contributed by atoms with E-state index in [4.69, 9.17) is 8.42 Å². The van der Waals surface area contributed by atoms with E-state index < -0.39 is 10.3 Å². The molecule has 36 heavy (non-hydrogen) atoms. The summed E-state index contributed by atoms with van der Waals surface area (Å²) in [4.78, 5) is 4.42. The lowest BCUT2D eigenvalue weighted by atomic mass is 9.92. The molecular formula is C31H32N2O2S. The van der Waals surface area contributed by atoms with E-state index in [1.54, 1.807) is 0 Å². The van der Waals surface area contributed by atoms with Gasteiger partial charge in [0.1, 0.15) is 0 Å². The Morgan fingerprint density at radius 3 is 1.58 bits per heavy atom. The van der Waals surface area contributed by atoms with Crippen molar-refractivity contribution in [3.8, 4) is 0 Å². The zero-order chi connectivity index (χ0) is 26.1. The van der Waals surface area contributed by atoms with Gasteiger partial charge in [0.25, 0.3) is 0 Å². The summed E-state index contributed by atoms with van der Waals surface area (Å²) in [6.45, 7) is 0. The molecule has 0 unspecified atom stereocenters. The molecule has 0 aliphatic heterocycles. The van der Waals surface area contributed by atoms with Crippen molar-refractivity contribution in [2.24, 2.45) is 0 Å². The zero-order valence-corrected chi connectivity index (χ0v) is 22.0. The van der Waals surface area contributed by atoms with E-state index >= 15 is 0 Å². The molecule has 0 saturated carbocycles. The van der Waals surface area contributed by atoms with Crippen molar-refractivity contribution in [2.45, 2.75) is 0 Å². The van der Waals surface area contributed by atoms with E-state index in [2.05, 4.69) is 153 Å². The van der Waals surface area contributed by atoms with Crippen LogP contribution in [0, 0.1) is 0 Å². The smallest absolute Gasteiger partial charge is 0.206 e. The van der Waals surface area contributed by atoms with Crippen molar-refractivity contribution in [3.63, 3.8) is 0 Å². The largest absolute Gasteiger partial charge is 0.377 e. The van der Waals surface area contributed by atoms with Gasteiger partial charge in [-0.25, -0.2) is 0 Å². The van der Waals surface area contributed by atoms with Gasteiger partial charge in [-0.05, 0) is 34.1 Å². The van der Waals surface area contributed by atoms with Crippen LogP contribution >= 0.6 is 0 Å². The van der Waals surface area contributed by atoms with Crippen molar-refractivity contribution in [2.75, 3.05) is 28.2 Å². The molecule has 0 heterocycles. The number of nitrogens with zero attached hydrogens (tertiary/aromatic N) is 2. The number of hydrogen-bond acceptors (Lipinski definition) is 4. The molecule has 0 fully saturated rings. The van der Waals surface area contributed by atoms with Crippen LogP contribution in [0.1, 0.15) is 22.3 Å². The van der Waals surface area contributed by atoms with Gasteiger partial charge in [0.15, 0.2) is 0 Å². The van der Waals surface area contributed by atoms with E-state index in [1.165, 1.54) is 44.4 Å². The van der Waals surface area contributed by atoms with Gasteiger partial charge in [-0.15, -0.1) is 0 Å². The van der Waals surface area contributed by atoms with E-state index in [0.29, 0.717) is 0 Å². The third-order valence-corrected chi connectivity index (χ3v) is 5.63. The van der Waals surface area contributed by atoms with Crippen LogP contribution < -0.4 is 0 Å². The quantitative estimate of drug-likeness (QED) is 0.233. The summed E-state index contributed by atoms with van der Waals surface area (Å²) in [5.41, 5.74) is 7.20. The molecule has 0 aliphatic rings. The first kappa shape index (κ1) is 26.5. The first-order chi connectivity index (χ1) is 17.3. The van der Waals surface area contributed by atoms with Gasteiger partial charge < -0.3 is 9.80 Å². The molecule has 0 atom stereocenters. The van der Waals surface area contributed by atoms with Gasteiger partial charge in [-0.1, -0.05) is 97.1 Å². The lowest BCUT2D eigenvalue weighted by Gasteiger charge is -2.26. The Morgan fingerprint density at radius 1 is 0.639 bits per heavy atom. The van der Waals surface area contributed by atoms with Crippen LogP contribution in [0.3, 0.4) is 0 Å². The molecule has 0 spiro atoms. The van der Waals surface area contributed by atoms with Gasteiger partial charge in [0.05, 0.1) is 0 Å².